The van der Waals surface area contributed by atoms with Crippen LogP contribution in [0.3, 0.4) is 0 Å². The van der Waals surface area contributed by atoms with Crippen molar-refractivity contribution in [3.8, 4) is 0 Å². The van der Waals surface area contributed by atoms with E-state index in [0.29, 0.717) is 17.0 Å². The van der Waals surface area contributed by atoms with Crippen molar-refractivity contribution >= 4 is 5.91 Å². The molecule has 3 atom stereocenters. The van der Waals surface area contributed by atoms with Crippen LogP contribution in [-0.4, -0.2) is 39.6 Å². The van der Waals surface area contributed by atoms with Crippen LogP contribution in [-0.2, 0) is 11.3 Å². The lowest BCUT2D eigenvalue weighted by Crippen LogP contribution is -2.40. The summed E-state index contributed by atoms with van der Waals surface area (Å²) in [5.41, 5.74) is 1.33. The summed E-state index contributed by atoms with van der Waals surface area (Å²) in [6.45, 7) is 3.71. The first-order valence-corrected chi connectivity index (χ1v) is 8.16. The zero-order chi connectivity index (χ0) is 18.1. The van der Waals surface area contributed by atoms with E-state index in [0.717, 1.165) is 23.9 Å². The van der Waals surface area contributed by atoms with E-state index in [1.165, 1.54) is 0 Å². The van der Waals surface area contributed by atoms with Crippen LogP contribution in [0, 0.1) is 19.8 Å². The Morgan fingerprint density at radius 1 is 1.42 bits per heavy atom. The smallest absolute Gasteiger partial charge is 0.396 e. The first-order chi connectivity index (χ1) is 11.1. The Morgan fingerprint density at radius 3 is 2.67 bits per heavy atom. The maximum absolute atomic E-state index is 12.6. The molecule has 24 heavy (non-hydrogen) atoms. The van der Waals surface area contributed by atoms with Crippen molar-refractivity contribution in [2.75, 3.05) is 6.61 Å². The molecule has 0 spiro atoms. The number of carbonyl (C=O) groups excluding carboxylic acids is 1. The van der Waals surface area contributed by atoms with Gasteiger partial charge in [-0.1, -0.05) is 6.42 Å². The van der Waals surface area contributed by atoms with Gasteiger partial charge in [0.2, 0.25) is 5.91 Å². The van der Waals surface area contributed by atoms with Crippen LogP contribution in [0.2, 0.25) is 0 Å². The second-order valence-electron chi connectivity index (χ2n) is 6.57. The molecular weight excluding hydrogens is 323 g/mol. The number of hydrogen-bond donors (Lipinski definition) is 2. The fourth-order valence-corrected chi connectivity index (χ4v) is 3.55. The van der Waals surface area contributed by atoms with E-state index < -0.39 is 18.6 Å². The summed E-state index contributed by atoms with van der Waals surface area (Å²) >= 11 is 0. The van der Waals surface area contributed by atoms with Crippen LogP contribution in [0.5, 0.6) is 0 Å². The van der Waals surface area contributed by atoms with Crippen LogP contribution in [0.1, 0.15) is 49.1 Å². The number of rotatable bonds is 5. The predicted octanol–water partition coefficient (Wildman–Crippen LogP) is 2.44. The van der Waals surface area contributed by atoms with Crippen LogP contribution in [0.15, 0.2) is 0 Å². The molecule has 1 aliphatic rings. The summed E-state index contributed by atoms with van der Waals surface area (Å²) in [7, 11) is 0. The number of amides is 1. The lowest BCUT2D eigenvalue weighted by molar-refractivity contribution is -0.143. The van der Waals surface area contributed by atoms with Gasteiger partial charge >= 0.3 is 6.18 Å². The molecule has 0 unspecified atom stereocenters. The lowest BCUT2D eigenvalue weighted by atomic mass is 9.96. The minimum absolute atomic E-state index is 0.0287. The minimum Gasteiger partial charge on any atom is -0.396 e. The largest absolute Gasteiger partial charge is 0.408 e. The molecule has 0 aromatic carbocycles. The van der Waals surface area contributed by atoms with Gasteiger partial charge < -0.3 is 10.4 Å². The average molecular weight is 347 g/mol. The third kappa shape index (κ3) is 4.09. The maximum Gasteiger partial charge on any atom is 0.408 e. The van der Waals surface area contributed by atoms with E-state index in [-0.39, 0.29) is 24.5 Å². The van der Waals surface area contributed by atoms with Crippen molar-refractivity contribution in [3.05, 3.63) is 17.0 Å². The standard InChI is InChI=1S/C16H24F3N3O2/c1-9(15(24)20-13-6-4-5-12(13)7-23)14-10(2)21-22(11(14)3)8-16(17,18)19/h9,12-13,23H,4-8H2,1-3H3,(H,20,24)/t9-,12-,13+/m0/s1. The highest BCUT2D eigenvalue weighted by Crippen LogP contribution is 2.29. The number of aromatic nitrogens is 2. The minimum atomic E-state index is -4.36. The highest BCUT2D eigenvalue weighted by molar-refractivity contribution is 5.84. The van der Waals surface area contributed by atoms with Gasteiger partial charge in [0.05, 0.1) is 11.6 Å². The molecular formula is C16H24F3N3O2. The second kappa shape index (κ2) is 7.13. The molecule has 1 saturated carbocycles. The maximum atomic E-state index is 12.6. The first-order valence-electron chi connectivity index (χ1n) is 8.16. The normalized spacial score (nSPS) is 22.6. The second-order valence-corrected chi connectivity index (χ2v) is 6.57. The van der Waals surface area contributed by atoms with Crippen LogP contribution >= 0.6 is 0 Å². The van der Waals surface area contributed by atoms with Gasteiger partial charge in [-0.25, -0.2) is 0 Å². The number of aliphatic hydroxyl groups excluding tert-OH is 1. The number of aliphatic hydroxyl groups is 1. The number of nitrogens with one attached hydrogen (secondary N) is 1. The van der Waals surface area contributed by atoms with Gasteiger partial charge in [-0.15, -0.1) is 0 Å². The topological polar surface area (TPSA) is 67.2 Å². The molecule has 0 radical (unpaired) electrons. The highest BCUT2D eigenvalue weighted by atomic mass is 19.4. The van der Waals surface area contributed by atoms with Crippen molar-refractivity contribution in [2.45, 2.75) is 64.7 Å². The Labute approximate surface area is 139 Å². The monoisotopic (exact) mass is 347 g/mol. The van der Waals surface area contributed by atoms with Gasteiger partial charge in [-0.3, -0.25) is 9.48 Å². The Bertz CT molecular complexity index is 598. The average Bonchev–Trinajstić information content (AvgIpc) is 3.01. The van der Waals surface area contributed by atoms with Crippen LogP contribution < -0.4 is 5.32 Å². The molecule has 1 heterocycles. The quantitative estimate of drug-likeness (QED) is 0.860. The number of halogens is 3. The molecule has 136 valence electrons. The fraction of sp³-hybridized carbons (Fsp3) is 0.750. The molecule has 1 aliphatic carbocycles. The van der Waals surface area contributed by atoms with Crippen molar-refractivity contribution in [2.24, 2.45) is 5.92 Å². The summed E-state index contributed by atoms with van der Waals surface area (Å²) in [5.74, 6) is -0.777. The molecule has 5 nitrogen and oxygen atoms in total. The molecule has 1 fully saturated rings. The van der Waals surface area contributed by atoms with Gasteiger partial charge in [-0.05, 0) is 33.6 Å². The Hall–Kier alpha value is -1.57. The molecule has 1 aromatic rings. The first kappa shape index (κ1) is 18.8. The molecule has 0 aliphatic heterocycles. The zero-order valence-corrected chi connectivity index (χ0v) is 14.2. The number of aryl methyl sites for hydroxylation is 1. The molecule has 1 aromatic heterocycles. The van der Waals surface area contributed by atoms with Gasteiger partial charge in [0.15, 0.2) is 0 Å². The van der Waals surface area contributed by atoms with E-state index in [4.69, 9.17) is 0 Å². The molecule has 2 N–H and O–H groups in total. The van der Waals surface area contributed by atoms with Gasteiger partial charge in [0, 0.05) is 29.8 Å². The van der Waals surface area contributed by atoms with E-state index >= 15 is 0 Å². The van der Waals surface area contributed by atoms with E-state index in [2.05, 4.69) is 10.4 Å². The summed E-state index contributed by atoms with van der Waals surface area (Å²) in [6, 6.07) is -0.0733. The third-order valence-corrected chi connectivity index (χ3v) is 4.81. The van der Waals surface area contributed by atoms with Crippen molar-refractivity contribution in [1.29, 1.82) is 0 Å². The van der Waals surface area contributed by atoms with E-state index in [1.807, 2.05) is 0 Å². The van der Waals surface area contributed by atoms with E-state index in [1.54, 1.807) is 20.8 Å². The molecule has 0 bridgehead atoms. The third-order valence-electron chi connectivity index (χ3n) is 4.81. The molecule has 8 heteroatoms. The SMILES string of the molecule is Cc1nn(CC(F)(F)F)c(C)c1[C@H](C)C(=O)N[C@@H]1CCC[C@H]1CO. The lowest BCUT2D eigenvalue weighted by Gasteiger charge is -2.22. The van der Waals surface area contributed by atoms with Crippen molar-refractivity contribution < 1.29 is 23.1 Å². The zero-order valence-electron chi connectivity index (χ0n) is 14.2. The summed E-state index contributed by atoms with van der Waals surface area (Å²) in [6.07, 6.45) is -1.72. The molecule has 1 amide bonds. The van der Waals surface area contributed by atoms with Gasteiger partial charge in [0.25, 0.3) is 0 Å². The summed E-state index contributed by atoms with van der Waals surface area (Å²) in [5, 5.41) is 16.2. The van der Waals surface area contributed by atoms with Crippen molar-refractivity contribution in [1.82, 2.24) is 15.1 Å². The van der Waals surface area contributed by atoms with Crippen LogP contribution in [0.4, 0.5) is 13.2 Å². The highest BCUT2D eigenvalue weighted by Gasteiger charge is 2.33. The predicted molar refractivity (Wildman–Crippen MR) is 82.5 cm³/mol. The van der Waals surface area contributed by atoms with Crippen LogP contribution in [0.25, 0.3) is 0 Å². The number of nitrogens with zero attached hydrogens (tertiary/aromatic N) is 2. The fourth-order valence-electron chi connectivity index (χ4n) is 3.55. The van der Waals surface area contributed by atoms with Crippen molar-refractivity contribution in [3.63, 3.8) is 0 Å². The number of alkyl halides is 3. The molecule has 0 saturated heterocycles. The number of hydrogen-bond acceptors (Lipinski definition) is 3. The Balaban J connectivity index is 2.14. The van der Waals surface area contributed by atoms with Gasteiger partial charge in [0.1, 0.15) is 6.54 Å². The van der Waals surface area contributed by atoms with E-state index in [9.17, 15) is 23.1 Å². The summed E-state index contributed by atoms with van der Waals surface area (Å²) < 4.78 is 38.7. The van der Waals surface area contributed by atoms with Gasteiger partial charge in [-0.2, -0.15) is 18.3 Å². The molecule has 2 rings (SSSR count). The Morgan fingerprint density at radius 2 is 2.08 bits per heavy atom. The number of carbonyl (C=O) groups is 1. The Kier molecular flexibility index (Phi) is 5.57. The summed E-state index contributed by atoms with van der Waals surface area (Å²) in [4.78, 5) is 12.5.